The van der Waals surface area contributed by atoms with Crippen LogP contribution in [-0.4, -0.2) is 37.7 Å². The highest BCUT2D eigenvalue weighted by Gasteiger charge is 2.23. The Balaban J connectivity index is 1.56. The molecule has 0 aromatic heterocycles. The number of nitrogens with zero attached hydrogens (tertiary/aromatic N) is 1. The van der Waals surface area contributed by atoms with E-state index in [1.807, 2.05) is 24.3 Å². The maximum atomic E-state index is 12.3. The molecule has 1 aliphatic rings. The van der Waals surface area contributed by atoms with Crippen LogP contribution < -0.4 is 16.0 Å². The summed E-state index contributed by atoms with van der Waals surface area (Å²) < 4.78 is 5.46. The van der Waals surface area contributed by atoms with Crippen molar-refractivity contribution in [3.63, 3.8) is 0 Å². The highest BCUT2D eigenvalue weighted by molar-refractivity contribution is 5.94. The number of rotatable bonds is 8. The van der Waals surface area contributed by atoms with E-state index in [1.165, 1.54) is 11.1 Å². The number of aryl methyl sites for hydroxylation is 1. The van der Waals surface area contributed by atoms with E-state index in [0.29, 0.717) is 19.1 Å². The van der Waals surface area contributed by atoms with Gasteiger partial charge in [0.25, 0.3) is 5.91 Å². The number of carbonyl (C=O) groups is 1. The second-order valence-electron chi connectivity index (χ2n) is 8.08. The zero-order chi connectivity index (χ0) is 22.1. The van der Waals surface area contributed by atoms with Crippen LogP contribution in [0.3, 0.4) is 0 Å². The Bertz CT molecular complexity index is 873. The lowest BCUT2D eigenvalue weighted by molar-refractivity contribution is -0.124. The summed E-state index contributed by atoms with van der Waals surface area (Å²) >= 11 is 0. The number of anilines is 1. The van der Waals surface area contributed by atoms with Gasteiger partial charge in [0.15, 0.2) is 5.96 Å². The molecular weight excluding hydrogens is 388 g/mol. The fourth-order valence-electron chi connectivity index (χ4n) is 3.53. The molecular formula is C25H34N4O2. The van der Waals surface area contributed by atoms with E-state index in [1.54, 1.807) is 0 Å². The van der Waals surface area contributed by atoms with Gasteiger partial charge in [0.05, 0.1) is 6.54 Å². The third kappa shape index (κ3) is 7.10. The summed E-state index contributed by atoms with van der Waals surface area (Å²) in [5.74, 6) is 1.09. The molecule has 1 aliphatic heterocycles. The van der Waals surface area contributed by atoms with Gasteiger partial charge in [-0.15, -0.1) is 0 Å². The highest BCUT2D eigenvalue weighted by atomic mass is 16.5. The van der Waals surface area contributed by atoms with Crippen molar-refractivity contribution in [2.75, 3.05) is 25.0 Å². The van der Waals surface area contributed by atoms with Gasteiger partial charge >= 0.3 is 0 Å². The van der Waals surface area contributed by atoms with Crippen LogP contribution in [0.2, 0.25) is 0 Å². The van der Waals surface area contributed by atoms with Gasteiger partial charge < -0.3 is 20.7 Å². The van der Waals surface area contributed by atoms with Crippen LogP contribution in [-0.2, 0) is 16.1 Å². The summed E-state index contributed by atoms with van der Waals surface area (Å²) in [5, 5.41) is 9.70. The van der Waals surface area contributed by atoms with E-state index in [0.717, 1.165) is 43.1 Å². The minimum Gasteiger partial charge on any atom is -0.368 e. The van der Waals surface area contributed by atoms with E-state index in [-0.39, 0.29) is 12.0 Å². The van der Waals surface area contributed by atoms with Crippen LogP contribution in [0.1, 0.15) is 49.3 Å². The molecule has 1 heterocycles. The van der Waals surface area contributed by atoms with Crippen LogP contribution in [0.25, 0.3) is 0 Å². The molecule has 3 rings (SSSR count). The van der Waals surface area contributed by atoms with Gasteiger partial charge in [-0.2, -0.15) is 0 Å². The predicted octanol–water partition coefficient (Wildman–Crippen LogP) is 3.97. The molecule has 2 atom stereocenters. The molecule has 1 saturated heterocycles. The zero-order valence-electron chi connectivity index (χ0n) is 18.8. The Morgan fingerprint density at radius 1 is 1.19 bits per heavy atom. The van der Waals surface area contributed by atoms with Crippen LogP contribution in [0, 0.1) is 6.92 Å². The minimum atomic E-state index is -0.332. The van der Waals surface area contributed by atoms with E-state index >= 15 is 0 Å². The molecule has 2 aromatic rings. The first-order chi connectivity index (χ1) is 15.0. The van der Waals surface area contributed by atoms with Crippen LogP contribution in [0.5, 0.6) is 0 Å². The Hall–Kier alpha value is -2.86. The molecule has 6 heteroatoms. The summed E-state index contributed by atoms with van der Waals surface area (Å²) in [6.07, 6.45) is 1.39. The topological polar surface area (TPSA) is 74.8 Å². The molecule has 0 aliphatic carbocycles. The quantitative estimate of drug-likeness (QED) is 0.444. The van der Waals surface area contributed by atoms with Gasteiger partial charge in [-0.25, -0.2) is 4.99 Å². The Morgan fingerprint density at radius 2 is 2.00 bits per heavy atom. The number of hydrogen-bond acceptors (Lipinski definition) is 3. The lowest BCUT2D eigenvalue weighted by Gasteiger charge is -2.16. The number of aliphatic imine (C=N–C) groups is 1. The Morgan fingerprint density at radius 3 is 2.71 bits per heavy atom. The molecule has 0 radical (unpaired) electrons. The van der Waals surface area contributed by atoms with Gasteiger partial charge in [0, 0.05) is 25.4 Å². The van der Waals surface area contributed by atoms with Crippen LogP contribution in [0.15, 0.2) is 53.5 Å². The molecule has 31 heavy (non-hydrogen) atoms. The number of ether oxygens (including phenoxy) is 1. The lowest BCUT2D eigenvalue weighted by atomic mass is 10.0. The van der Waals surface area contributed by atoms with E-state index in [2.05, 4.69) is 61.0 Å². The first-order valence-electron chi connectivity index (χ1n) is 11.2. The normalized spacial score (nSPS) is 17.3. The number of benzene rings is 2. The van der Waals surface area contributed by atoms with Crippen molar-refractivity contribution in [3.05, 3.63) is 65.2 Å². The SMILES string of the molecule is CCNC(=NCc1cccc(NC(=O)C2CCCO2)c1)NCC(C)c1ccc(C)cc1. The van der Waals surface area contributed by atoms with Crippen LogP contribution >= 0.6 is 0 Å². The fourth-order valence-corrected chi connectivity index (χ4v) is 3.53. The van der Waals surface area contributed by atoms with Crippen molar-refractivity contribution in [3.8, 4) is 0 Å². The third-order valence-corrected chi connectivity index (χ3v) is 5.40. The second-order valence-corrected chi connectivity index (χ2v) is 8.08. The smallest absolute Gasteiger partial charge is 0.253 e. The summed E-state index contributed by atoms with van der Waals surface area (Å²) in [6, 6.07) is 16.5. The van der Waals surface area contributed by atoms with Crippen molar-refractivity contribution >= 4 is 17.6 Å². The summed E-state index contributed by atoms with van der Waals surface area (Å²) in [7, 11) is 0. The lowest BCUT2D eigenvalue weighted by Crippen LogP contribution is -2.39. The first kappa shape index (κ1) is 22.8. The average Bonchev–Trinajstić information content (AvgIpc) is 3.31. The van der Waals surface area contributed by atoms with Crippen molar-refractivity contribution in [1.29, 1.82) is 0 Å². The molecule has 166 valence electrons. The van der Waals surface area contributed by atoms with Crippen molar-refractivity contribution in [1.82, 2.24) is 10.6 Å². The molecule has 0 spiro atoms. The third-order valence-electron chi connectivity index (χ3n) is 5.40. The van der Waals surface area contributed by atoms with Gasteiger partial charge in [-0.1, -0.05) is 48.9 Å². The molecule has 3 N–H and O–H groups in total. The summed E-state index contributed by atoms with van der Waals surface area (Å²) in [4.78, 5) is 17.0. The molecule has 0 saturated carbocycles. The summed E-state index contributed by atoms with van der Waals surface area (Å²) in [6.45, 7) is 9.15. The minimum absolute atomic E-state index is 0.0711. The van der Waals surface area contributed by atoms with Crippen molar-refractivity contribution in [2.24, 2.45) is 4.99 Å². The summed E-state index contributed by atoms with van der Waals surface area (Å²) in [5.41, 5.74) is 4.39. The van der Waals surface area contributed by atoms with Gasteiger partial charge in [-0.3, -0.25) is 4.79 Å². The number of carbonyl (C=O) groups excluding carboxylic acids is 1. The van der Waals surface area contributed by atoms with Crippen molar-refractivity contribution < 1.29 is 9.53 Å². The average molecular weight is 423 g/mol. The standard InChI is InChI=1S/C25H34N4O2/c1-4-26-25(27-16-19(3)21-12-10-18(2)11-13-21)28-17-20-7-5-8-22(15-20)29-24(30)23-9-6-14-31-23/h5,7-8,10-13,15,19,23H,4,6,9,14,16-17H2,1-3H3,(H,29,30)(H2,26,27,28). The number of hydrogen-bond donors (Lipinski definition) is 3. The highest BCUT2D eigenvalue weighted by Crippen LogP contribution is 2.17. The first-order valence-corrected chi connectivity index (χ1v) is 11.2. The van der Waals surface area contributed by atoms with Gasteiger partial charge in [0.2, 0.25) is 0 Å². The Labute approximate surface area is 185 Å². The number of amides is 1. The van der Waals surface area contributed by atoms with E-state index in [9.17, 15) is 4.79 Å². The monoisotopic (exact) mass is 422 g/mol. The van der Waals surface area contributed by atoms with E-state index in [4.69, 9.17) is 9.73 Å². The molecule has 2 aromatic carbocycles. The second kappa shape index (κ2) is 11.5. The van der Waals surface area contributed by atoms with E-state index < -0.39 is 0 Å². The Kier molecular flexibility index (Phi) is 8.47. The number of nitrogens with one attached hydrogen (secondary N) is 3. The molecule has 1 amide bonds. The number of guanidine groups is 1. The fraction of sp³-hybridized carbons (Fsp3) is 0.440. The predicted molar refractivity (Wildman–Crippen MR) is 126 cm³/mol. The van der Waals surface area contributed by atoms with Crippen LogP contribution in [0.4, 0.5) is 5.69 Å². The molecule has 1 fully saturated rings. The maximum absolute atomic E-state index is 12.3. The van der Waals surface area contributed by atoms with Crippen molar-refractivity contribution in [2.45, 2.75) is 52.2 Å². The zero-order valence-corrected chi connectivity index (χ0v) is 18.8. The maximum Gasteiger partial charge on any atom is 0.253 e. The van der Waals surface area contributed by atoms with Gasteiger partial charge in [-0.05, 0) is 55.9 Å². The molecule has 2 unspecified atom stereocenters. The molecule has 0 bridgehead atoms. The molecule has 6 nitrogen and oxygen atoms in total. The van der Waals surface area contributed by atoms with Gasteiger partial charge in [0.1, 0.15) is 6.10 Å². The largest absolute Gasteiger partial charge is 0.368 e.